The van der Waals surface area contributed by atoms with Gasteiger partial charge < -0.3 is 19.9 Å². The Morgan fingerprint density at radius 1 is 1.14 bits per heavy atom. The van der Waals surface area contributed by atoms with Crippen LogP contribution < -0.4 is 10.1 Å². The lowest BCUT2D eigenvalue weighted by atomic mass is 9.88. The Balaban J connectivity index is 1.69. The first kappa shape index (κ1) is 31.3. The number of halogens is 4. The first-order valence-corrected chi connectivity index (χ1v) is 13.7. The molecule has 0 saturated heterocycles. The van der Waals surface area contributed by atoms with Gasteiger partial charge in [0.05, 0.1) is 28.8 Å². The van der Waals surface area contributed by atoms with Gasteiger partial charge in [0.25, 0.3) is 0 Å². The molecule has 0 atom stereocenters. The highest BCUT2D eigenvalue weighted by Crippen LogP contribution is 2.43. The number of H-pyrrole nitrogens is 1. The third-order valence-corrected chi connectivity index (χ3v) is 6.85. The number of allylic oxidation sites excluding steroid dienone is 1. The molecule has 2 heterocycles. The monoisotopic (exact) mass is 607 g/mol. The number of rotatable bonds is 11. The number of ether oxygens (including phenoxy) is 1. The van der Waals surface area contributed by atoms with Crippen LogP contribution in [-0.4, -0.2) is 60.7 Å². The van der Waals surface area contributed by atoms with Gasteiger partial charge in [0, 0.05) is 67.6 Å². The van der Waals surface area contributed by atoms with Crippen LogP contribution in [0.15, 0.2) is 79.0 Å². The molecule has 7 nitrogen and oxygen atoms in total. The number of nitrogens with one attached hydrogen (secondary N) is 2. The SMILES string of the molecule is CN(C)C(=O)/C=C/CNCCOc1ccc(/C(=C(/CC(F)(F)F)c2ccccc2C#N)c2[nH]c3ccccc3c2Cl)cn1. The molecule has 0 radical (unpaired) electrons. The third-order valence-electron chi connectivity index (χ3n) is 6.46. The van der Waals surface area contributed by atoms with Crippen LogP contribution in [0.25, 0.3) is 22.0 Å². The fourth-order valence-corrected chi connectivity index (χ4v) is 4.75. The van der Waals surface area contributed by atoms with E-state index in [0.29, 0.717) is 29.6 Å². The van der Waals surface area contributed by atoms with Crippen molar-refractivity contribution < 1.29 is 22.7 Å². The number of aromatic nitrogens is 2. The summed E-state index contributed by atoms with van der Waals surface area (Å²) in [6, 6.07) is 18.5. The lowest BCUT2D eigenvalue weighted by Gasteiger charge is -2.19. The number of nitriles is 1. The first-order valence-electron chi connectivity index (χ1n) is 13.3. The summed E-state index contributed by atoms with van der Waals surface area (Å²) in [5, 5.41) is 13.8. The molecule has 4 aromatic rings. The second kappa shape index (κ2) is 14.1. The zero-order chi connectivity index (χ0) is 31.0. The Bertz CT molecular complexity index is 1690. The Labute approximate surface area is 252 Å². The molecule has 0 saturated carbocycles. The number of carbonyl (C=O) groups is 1. The lowest BCUT2D eigenvalue weighted by Crippen LogP contribution is -2.22. The minimum Gasteiger partial charge on any atom is -0.476 e. The van der Waals surface area contributed by atoms with Gasteiger partial charge in [-0.25, -0.2) is 4.98 Å². The molecule has 2 N–H and O–H groups in total. The van der Waals surface area contributed by atoms with Gasteiger partial charge in [0.1, 0.15) is 6.61 Å². The summed E-state index contributed by atoms with van der Waals surface area (Å²) in [6.07, 6.45) is -1.27. The molecule has 2 aromatic heterocycles. The van der Waals surface area contributed by atoms with Crippen molar-refractivity contribution in [1.29, 1.82) is 5.26 Å². The number of carbonyl (C=O) groups excluding carboxylic acids is 1. The molecule has 0 bridgehead atoms. The number of hydrogen-bond donors (Lipinski definition) is 2. The average molecular weight is 608 g/mol. The molecular weight excluding hydrogens is 579 g/mol. The Hall–Kier alpha value is -4.59. The number of benzene rings is 2. The van der Waals surface area contributed by atoms with Gasteiger partial charge in [-0.05, 0) is 29.3 Å². The number of pyridine rings is 1. The van der Waals surface area contributed by atoms with Crippen molar-refractivity contribution in [2.24, 2.45) is 0 Å². The molecule has 0 fully saturated rings. The normalized spacial score (nSPS) is 12.3. The minimum absolute atomic E-state index is 0.104. The highest BCUT2D eigenvalue weighted by molar-refractivity contribution is 6.38. The van der Waals surface area contributed by atoms with Crippen molar-refractivity contribution in [1.82, 2.24) is 20.2 Å². The summed E-state index contributed by atoms with van der Waals surface area (Å²) in [5.74, 6) is 0.166. The summed E-state index contributed by atoms with van der Waals surface area (Å²) in [5.41, 5.74) is 1.63. The number of aromatic amines is 1. The zero-order valence-electron chi connectivity index (χ0n) is 23.5. The molecule has 1 amide bonds. The van der Waals surface area contributed by atoms with Crippen LogP contribution in [0.4, 0.5) is 13.2 Å². The predicted octanol–water partition coefficient (Wildman–Crippen LogP) is 6.61. The molecular formula is C32H29ClF3N5O2. The van der Waals surface area contributed by atoms with E-state index in [0.717, 1.165) is 0 Å². The molecule has 4 rings (SSSR count). The molecule has 0 aliphatic heterocycles. The van der Waals surface area contributed by atoms with Crippen LogP contribution in [0.5, 0.6) is 5.88 Å². The van der Waals surface area contributed by atoms with Crippen LogP contribution in [0.3, 0.4) is 0 Å². The largest absolute Gasteiger partial charge is 0.476 e. The van der Waals surface area contributed by atoms with E-state index in [4.69, 9.17) is 16.3 Å². The molecule has 43 heavy (non-hydrogen) atoms. The van der Waals surface area contributed by atoms with Crippen molar-refractivity contribution in [2.45, 2.75) is 12.6 Å². The van der Waals surface area contributed by atoms with Crippen molar-refractivity contribution >= 4 is 39.6 Å². The van der Waals surface area contributed by atoms with Gasteiger partial charge in [-0.1, -0.05) is 54.1 Å². The van der Waals surface area contributed by atoms with Gasteiger partial charge in [-0.15, -0.1) is 0 Å². The van der Waals surface area contributed by atoms with Gasteiger partial charge in [-0.2, -0.15) is 18.4 Å². The minimum atomic E-state index is -4.58. The maximum Gasteiger partial charge on any atom is 0.393 e. The fourth-order valence-electron chi connectivity index (χ4n) is 4.45. The van der Waals surface area contributed by atoms with E-state index in [2.05, 4.69) is 15.3 Å². The summed E-state index contributed by atoms with van der Waals surface area (Å²) < 4.78 is 48.0. The van der Waals surface area contributed by atoms with Crippen LogP contribution >= 0.6 is 11.6 Å². The highest BCUT2D eigenvalue weighted by atomic mass is 35.5. The van der Waals surface area contributed by atoms with E-state index in [1.807, 2.05) is 6.07 Å². The molecule has 2 aromatic carbocycles. The standard InChI is InChI=1S/C32H29ClF3N5O2/c1-41(2)28(42)12-7-15-38-16-17-43-27-14-13-22(20-39-27)29(31-30(33)24-10-5-6-11-26(24)40-31)25(18-32(34,35)36)23-9-4-3-8-21(23)19-37/h3-14,20,38,40H,15-18H2,1-2H3/b12-7+,29-25+. The molecule has 0 aliphatic carbocycles. The topological polar surface area (TPSA) is 94.0 Å². The summed E-state index contributed by atoms with van der Waals surface area (Å²) in [7, 11) is 3.34. The molecule has 0 spiro atoms. The number of hydrogen-bond acceptors (Lipinski definition) is 5. The smallest absolute Gasteiger partial charge is 0.393 e. The second-order valence-electron chi connectivity index (χ2n) is 9.74. The number of alkyl halides is 3. The van der Waals surface area contributed by atoms with Gasteiger partial charge in [-0.3, -0.25) is 4.79 Å². The van der Waals surface area contributed by atoms with Crippen molar-refractivity contribution in [3.63, 3.8) is 0 Å². The Morgan fingerprint density at radius 2 is 1.88 bits per heavy atom. The lowest BCUT2D eigenvalue weighted by molar-refractivity contribution is -0.124. The van der Waals surface area contributed by atoms with Crippen LogP contribution in [0, 0.1) is 11.3 Å². The molecule has 0 unspecified atom stereocenters. The number of likely N-dealkylation sites (N-methyl/N-ethyl adjacent to an activating group) is 1. The maximum absolute atomic E-state index is 14.1. The molecule has 222 valence electrons. The van der Waals surface area contributed by atoms with Crippen LogP contribution in [0.2, 0.25) is 5.02 Å². The van der Waals surface area contributed by atoms with Gasteiger partial charge in [0.15, 0.2) is 0 Å². The van der Waals surface area contributed by atoms with E-state index >= 15 is 0 Å². The van der Waals surface area contributed by atoms with E-state index in [9.17, 15) is 23.2 Å². The van der Waals surface area contributed by atoms with Crippen LogP contribution in [0.1, 0.15) is 28.8 Å². The molecule has 11 heteroatoms. The quantitative estimate of drug-likeness (QED) is 0.148. The average Bonchev–Trinajstić information content (AvgIpc) is 3.32. The van der Waals surface area contributed by atoms with Crippen molar-refractivity contribution in [3.8, 4) is 11.9 Å². The first-order chi connectivity index (χ1) is 20.6. The summed E-state index contributed by atoms with van der Waals surface area (Å²) in [4.78, 5) is 20.6. The van der Waals surface area contributed by atoms with E-state index in [1.165, 1.54) is 29.3 Å². The van der Waals surface area contributed by atoms with Gasteiger partial charge in [0.2, 0.25) is 11.8 Å². The number of nitrogens with zero attached hydrogens (tertiary/aromatic N) is 3. The maximum atomic E-state index is 14.1. The third kappa shape index (κ3) is 8.03. The van der Waals surface area contributed by atoms with E-state index < -0.39 is 12.6 Å². The molecule has 0 aliphatic rings. The number of para-hydroxylation sites is 1. The van der Waals surface area contributed by atoms with Crippen molar-refractivity contribution in [2.75, 3.05) is 33.8 Å². The van der Waals surface area contributed by atoms with E-state index in [-0.39, 0.29) is 51.4 Å². The van der Waals surface area contributed by atoms with Crippen molar-refractivity contribution in [3.05, 3.63) is 106 Å². The number of fused-ring (bicyclic) bond motifs is 1. The summed E-state index contributed by atoms with van der Waals surface area (Å²) >= 11 is 6.77. The zero-order valence-corrected chi connectivity index (χ0v) is 24.3. The van der Waals surface area contributed by atoms with Crippen LogP contribution in [-0.2, 0) is 4.79 Å². The van der Waals surface area contributed by atoms with Gasteiger partial charge >= 0.3 is 6.18 Å². The second-order valence-corrected chi connectivity index (χ2v) is 10.1. The summed E-state index contributed by atoms with van der Waals surface area (Å²) in [6.45, 7) is 1.22. The number of amides is 1. The Morgan fingerprint density at radius 3 is 2.56 bits per heavy atom. The fraction of sp³-hybridized carbons (Fsp3) is 0.219. The predicted molar refractivity (Wildman–Crippen MR) is 161 cm³/mol. The highest BCUT2D eigenvalue weighted by Gasteiger charge is 2.33. The Kier molecular flexibility index (Phi) is 10.2. The van der Waals surface area contributed by atoms with E-state index in [1.54, 1.807) is 68.7 Å².